The highest BCUT2D eigenvalue weighted by Gasteiger charge is 2.30. The highest BCUT2D eigenvalue weighted by atomic mass is 16.4. The molecule has 0 aliphatic carbocycles. The molecule has 220 valence electrons. The molecule has 4 atom stereocenters. The van der Waals surface area contributed by atoms with Gasteiger partial charge in [0.2, 0.25) is 17.7 Å². The van der Waals surface area contributed by atoms with E-state index >= 15 is 0 Å². The molecule has 3 amide bonds. The Balaban J connectivity index is 1.43. The molecule has 13 heteroatoms. The third-order valence-corrected chi connectivity index (χ3v) is 6.78. The number of amides is 3. The van der Waals surface area contributed by atoms with Crippen LogP contribution in [0.5, 0.6) is 0 Å². The number of carboxylic acids is 1. The van der Waals surface area contributed by atoms with Crippen LogP contribution in [0.4, 0.5) is 0 Å². The van der Waals surface area contributed by atoms with Crippen molar-refractivity contribution in [2.24, 2.45) is 5.73 Å². The van der Waals surface area contributed by atoms with E-state index in [0.29, 0.717) is 11.3 Å². The number of aromatic amines is 2. The number of aliphatic hydroxyl groups excluding tert-OH is 1. The summed E-state index contributed by atoms with van der Waals surface area (Å²) in [4.78, 5) is 60.9. The number of para-hydroxylation sites is 1. The van der Waals surface area contributed by atoms with Gasteiger partial charge in [-0.15, -0.1) is 0 Å². The number of benzene rings is 2. The molecular weight excluding hydrogens is 542 g/mol. The minimum atomic E-state index is -1.40. The van der Waals surface area contributed by atoms with E-state index in [1.165, 1.54) is 12.5 Å². The number of nitrogens with two attached hydrogens (primary N) is 1. The Morgan fingerprint density at radius 1 is 0.810 bits per heavy atom. The average molecular weight is 576 g/mol. The number of H-pyrrole nitrogens is 2. The molecule has 0 saturated carbocycles. The Bertz CT molecular complexity index is 1510. The van der Waals surface area contributed by atoms with Crippen molar-refractivity contribution in [1.82, 2.24) is 30.9 Å². The maximum atomic E-state index is 13.3. The number of fused-ring (bicyclic) bond motifs is 1. The fourth-order valence-corrected chi connectivity index (χ4v) is 4.52. The molecular formula is C29H33N7O6. The molecule has 0 aliphatic rings. The number of carbonyl (C=O) groups is 4. The number of carbonyl (C=O) groups excluding carboxylic acids is 3. The number of rotatable bonds is 14. The normalized spacial score (nSPS) is 14.0. The first kappa shape index (κ1) is 30.0. The number of imidazole rings is 1. The summed E-state index contributed by atoms with van der Waals surface area (Å²) in [5.74, 6) is -3.52. The minimum absolute atomic E-state index is 0.0288. The highest BCUT2D eigenvalue weighted by Crippen LogP contribution is 2.18. The van der Waals surface area contributed by atoms with E-state index in [-0.39, 0.29) is 19.3 Å². The van der Waals surface area contributed by atoms with Gasteiger partial charge in [-0.05, 0) is 23.6 Å². The third-order valence-electron chi connectivity index (χ3n) is 6.78. The SMILES string of the molecule is NC(Cc1c[nH]c2ccccc12)C(=O)NC(CO)C(=O)NC(Cc1ccccc1)C(=O)NC(Cc1cnc[nH]1)C(=O)O. The summed E-state index contributed by atoms with van der Waals surface area (Å²) in [6.45, 7) is -0.755. The number of nitrogens with zero attached hydrogens (tertiary/aromatic N) is 1. The predicted octanol–water partition coefficient (Wildman–Crippen LogP) is -0.222. The van der Waals surface area contributed by atoms with E-state index < -0.39 is 54.5 Å². The minimum Gasteiger partial charge on any atom is -0.480 e. The molecule has 0 radical (unpaired) electrons. The van der Waals surface area contributed by atoms with Crippen molar-refractivity contribution in [3.05, 3.63) is 90.1 Å². The van der Waals surface area contributed by atoms with Crippen LogP contribution in [0, 0.1) is 0 Å². The number of hydrogen-bond donors (Lipinski definition) is 8. The Kier molecular flexibility index (Phi) is 10.0. The molecule has 9 N–H and O–H groups in total. The van der Waals surface area contributed by atoms with Crippen LogP contribution in [0.25, 0.3) is 10.9 Å². The molecule has 4 unspecified atom stereocenters. The number of aliphatic carboxylic acids is 1. The lowest BCUT2D eigenvalue weighted by atomic mass is 10.0. The molecule has 0 fully saturated rings. The van der Waals surface area contributed by atoms with Crippen LogP contribution in [0.1, 0.15) is 16.8 Å². The lowest BCUT2D eigenvalue weighted by Crippen LogP contribution is -2.58. The monoisotopic (exact) mass is 575 g/mol. The van der Waals surface area contributed by atoms with Gasteiger partial charge in [0.05, 0.1) is 19.0 Å². The van der Waals surface area contributed by atoms with Gasteiger partial charge >= 0.3 is 5.97 Å². The first-order valence-corrected chi connectivity index (χ1v) is 13.3. The smallest absolute Gasteiger partial charge is 0.326 e. The van der Waals surface area contributed by atoms with Crippen molar-refractivity contribution in [1.29, 1.82) is 0 Å². The van der Waals surface area contributed by atoms with Crippen LogP contribution in [-0.4, -0.2) is 79.6 Å². The summed E-state index contributed by atoms with van der Waals surface area (Å²) in [6.07, 6.45) is 4.75. The van der Waals surface area contributed by atoms with Crippen molar-refractivity contribution in [3.8, 4) is 0 Å². The van der Waals surface area contributed by atoms with Crippen molar-refractivity contribution in [3.63, 3.8) is 0 Å². The van der Waals surface area contributed by atoms with Crippen molar-refractivity contribution in [2.75, 3.05) is 6.61 Å². The Labute approximate surface area is 240 Å². The molecule has 2 aromatic carbocycles. The molecule has 4 aromatic rings. The molecule has 2 heterocycles. The summed E-state index contributed by atoms with van der Waals surface area (Å²) in [7, 11) is 0. The maximum Gasteiger partial charge on any atom is 0.326 e. The van der Waals surface area contributed by atoms with Crippen molar-refractivity contribution in [2.45, 2.75) is 43.4 Å². The highest BCUT2D eigenvalue weighted by molar-refractivity contribution is 5.94. The summed E-state index contributed by atoms with van der Waals surface area (Å²) in [6, 6.07) is 11.4. The van der Waals surface area contributed by atoms with E-state index in [9.17, 15) is 29.4 Å². The van der Waals surface area contributed by atoms with E-state index in [1.807, 2.05) is 24.3 Å². The van der Waals surface area contributed by atoms with E-state index in [1.54, 1.807) is 36.5 Å². The van der Waals surface area contributed by atoms with Gasteiger partial charge in [0, 0.05) is 41.8 Å². The summed E-state index contributed by atoms with van der Waals surface area (Å²) in [5.41, 5.74) is 9.04. The van der Waals surface area contributed by atoms with Gasteiger partial charge in [0.15, 0.2) is 0 Å². The molecule has 0 aliphatic heterocycles. The fourth-order valence-electron chi connectivity index (χ4n) is 4.52. The molecule has 0 saturated heterocycles. The van der Waals surface area contributed by atoms with Crippen LogP contribution in [-0.2, 0) is 38.4 Å². The second-order valence-electron chi connectivity index (χ2n) is 9.85. The van der Waals surface area contributed by atoms with Gasteiger partial charge in [-0.2, -0.15) is 0 Å². The molecule has 13 nitrogen and oxygen atoms in total. The summed E-state index contributed by atoms with van der Waals surface area (Å²) < 4.78 is 0. The van der Waals surface area contributed by atoms with Gasteiger partial charge in [-0.3, -0.25) is 14.4 Å². The van der Waals surface area contributed by atoms with Crippen LogP contribution in [0.15, 0.2) is 73.3 Å². The lowest BCUT2D eigenvalue weighted by Gasteiger charge is -2.24. The molecule has 42 heavy (non-hydrogen) atoms. The fraction of sp³-hybridized carbons (Fsp3) is 0.276. The second-order valence-corrected chi connectivity index (χ2v) is 9.85. The standard InChI is InChI=1S/C29H33N7O6/c30-21(11-18-13-32-22-9-5-4-8-20(18)22)26(38)36-25(15-37)28(40)34-23(10-17-6-2-1-3-7-17)27(39)35-24(29(41)42)12-19-14-31-16-33-19/h1-9,13-14,16,21,23-25,32,37H,10-12,15,30H2,(H,31,33)(H,34,40)(H,35,39)(H,36,38)(H,41,42). The van der Waals surface area contributed by atoms with Crippen molar-refractivity contribution >= 4 is 34.6 Å². The first-order chi connectivity index (χ1) is 20.2. The number of nitrogens with one attached hydrogen (secondary N) is 5. The largest absolute Gasteiger partial charge is 0.480 e. The zero-order chi connectivity index (χ0) is 30.1. The maximum absolute atomic E-state index is 13.3. The number of hydrogen-bond acceptors (Lipinski definition) is 7. The quantitative estimate of drug-likeness (QED) is 0.100. The second kappa shape index (κ2) is 14.1. The number of carboxylic acid groups (broad SMARTS) is 1. The van der Waals surface area contributed by atoms with Gasteiger partial charge in [0.25, 0.3) is 0 Å². The van der Waals surface area contributed by atoms with Crippen LogP contribution in [0.2, 0.25) is 0 Å². The molecule has 4 rings (SSSR count). The van der Waals surface area contributed by atoms with Crippen molar-refractivity contribution < 1.29 is 29.4 Å². The molecule has 0 bridgehead atoms. The van der Waals surface area contributed by atoms with Crippen LogP contribution < -0.4 is 21.7 Å². The van der Waals surface area contributed by atoms with Gasteiger partial charge < -0.3 is 41.9 Å². The predicted molar refractivity (Wildman–Crippen MR) is 153 cm³/mol. The lowest BCUT2D eigenvalue weighted by molar-refractivity contribution is -0.142. The Morgan fingerprint density at radius 3 is 2.17 bits per heavy atom. The zero-order valence-corrected chi connectivity index (χ0v) is 22.6. The van der Waals surface area contributed by atoms with E-state index in [4.69, 9.17) is 5.73 Å². The molecule has 2 aromatic heterocycles. The average Bonchev–Trinajstić information content (AvgIpc) is 3.65. The van der Waals surface area contributed by atoms with Gasteiger partial charge in [0.1, 0.15) is 18.1 Å². The number of aromatic nitrogens is 3. The summed E-state index contributed by atoms with van der Waals surface area (Å²) >= 11 is 0. The van der Waals surface area contributed by atoms with Gasteiger partial charge in [-0.1, -0.05) is 48.5 Å². The number of aliphatic hydroxyl groups is 1. The van der Waals surface area contributed by atoms with Gasteiger partial charge in [-0.25, -0.2) is 9.78 Å². The zero-order valence-electron chi connectivity index (χ0n) is 22.6. The van der Waals surface area contributed by atoms with E-state index in [0.717, 1.165) is 16.5 Å². The Morgan fingerprint density at radius 2 is 1.48 bits per heavy atom. The van der Waals surface area contributed by atoms with Crippen LogP contribution >= 0.6 is 0 Å². The van der Waals surface area contributed by atoms with E-state index in [2.05, 4.69) is 30.9 Å². The first-order valence-electron chi connectivity index (χ1n) is 13.3. The topological polar surface area (TPSA) is 215 Å². The molecule has 0 spiro atoms. The summed E-state index contributed by atoms with van der Waals surface area (Å²) in [5, 5.41) is 28.0. The van der Waals surface area contributed by atoms with Crippen LogP contribution in [0.3, 0.4) is 0 Å². The Hall–Kier alpha value is -5.01. The third kappa shape index (κ3) is 7.80.